The van der Waals surface area contributed by atoms with Crippen LogP contribution in [0.25, 0.3) is 5.69 Å². The van der Waals surface area contributed by atoms with E-state index in [1.54, 1.807) is 38.1 Å². The Morgan fingerprint density at radius 3 is 2.19 bits per heavy atom. The molecule has 0 aliphatic heterocycles. The van der Waals surface area contributed by atoms with Crippen molar-refractivity contribution in [1.82, 2.24) is 14.8 Å². The van der Waals surface area contributed by atoms with Crippen molar-refractivity contribution in [2.45, 2.75) is 19.8 Å². The van der Waals surface area contributed by atoms with Gasteiger partial charge in [0, 0.05) is 4.92 Å². The van der Waals surface area contributed by atoms with Crippen LogP contribution >= 0.6 is 0 Å². The number of hydrogen-bond acceptors (Lipinski definition) is 8. The lowest BCUT2D eigenvalue weighted by atomic mass is 9.85. The van der Waals surface area contributed by atoms with Gasteiger partial charge in [-0.1, -0.05) is 12.1 Å². The van der Waals surface area contributed by atoms with E-state index in [4.69, 9.17) is 9.47 Å². The van der Waals surface area contributed by atoms with Gasteiger partial charge in [0.2, 0.25) is 6.54 Å². The second-order valence-electron chi connectivity index (χ2n) is 5.54. The molecule has 0 aliphatic rings. The summed E-state index contributed by atoms with van der Waals surface area (Å²) in [5.41, 5.74) is 1.13. The van der Waals surface area contributed by atoms with Crippen molar-refractivity contribution in [2.24, 2.45) is 5.92 Å². The number of carbonyl (C=O) groups is 2. The number of benzene rings is 1. The standard InChI is InChI=1S/C17H20N4O6/c1-3-26-16(22)15(17(23)27-4-2)14(9-21(24)25)12-5-7-13(8-6-12)20-11-18-10-19-20/h5-8,10-11,14-15H,3-4,9H2,1-2H3/t14-/m1/s1. The summed E-state index contributed by atoms with van der Waals surface area (Å²) >= 11 is 0. The molecular weight excluding hydrogens is 356 g/mol. The predicted molar refractivity (Wildman–Crippen MR) is 92.7 cm³/mol. The molecule has 0 amide bonds. The topological polar surface area (TPSA) is 126 Å². The summed E-state index contributed by atoms with van der Waals surface area (Å²) in [6.07, 6.45) is 2.88. The van der Waals surface area contributed by atoms with Crippen molar-refractivity contribution in [3.8, 4) is 5.69 Å². The molecule has 1 aromatic carbocycles. The number of hydrogen-bond donors (Lipinski definition) is 0. The van der Waals surface area contributed by atoms with Crippen LogP contribution in [0.5, 0.6) is 0 Å². The lowest BCUT2D eigenvalue weighted by Gasteiger charge is -2.22. The van der Waals surface area contributed by atoms with Gasteiger partial charge < -0.3 is 9.47 Å². The van der Waals surface area contributed by atoms with Gasteiger partial charge in [-0.2, -0.15) is 5.10 Å². The average molecular weight is 376 g/mol. The van der Waals surface area contributed by atoms with Crippen molar-refractivity contribution in [1.29, 1.82) is 0 Å². The maximum atomic E-state index is 12.3. The minimum Gasteiger partial charge on any atom is -0.465 e. The Kier molecular flexibility index (Phi) is 6.98. The zero-order valence-electron chi connectivity index (χ0n) is 15.0. The zero-order chi connectivity index (χ0) is 19.8. The molecule has 0 saturated heterocycles. The van der Waals surface area contributed by atoms with Gasteiger partial charge >= 0.3 is 11.9 Å². The molecule has 0 bridgehead atoms. The number of nitro groups is 1. The van der Waals surface area contributed by atoms with Gasteiger partial charge in [-0.05, 0) is 31.5 Å². The molecule has 1 atom stereocenters. The fraction of sp³-hybridized carbons (Fsp3) is 0.412. The second kappa shape index (κ2) is 9.41. The highest BCUT2D eigenvalue weighted by atomic mass is 16.6. The van der Waals surface area contributed by atoms with Gasteiger partial charge in [-0.3, -0.25) is 19.7 Å². The highest BCUT2D eigenvalue weighted by Crippen LogP contribution is 2.28. The monoisotopic (exact) mass is 376 g/mol. The van der Waals surface area contributed by atoms with Crippen LogP contribution in [0.3, 0.4) is 0 Å². The first-order valence-electron chi connectivity index (χ1n) is 8.37. The largest absolute Gasteiger partial charge is 0.465 e. The summed E-state index contributed by atoms with van der Waals surface area (Å²) < 4.78 is 11.4. The molecular formula is C17H20N4O6. The molecule has 10 heteroatoms. The van der Waals surface area contributed by atoms with E-state index in [2.05, 4.69) is 10.1 Å². The van der Waals surface area contributed by atoms with Gasteiger partial charge in [-0.25, -0.2) is 9.67 Å². The number of carbonyl (C=O) groups excluding carboxylic acids is 2. The van der Waals surface area contributed by atoms with E-state index in [-0.39, 0.29) is 13.2 Å². The third-order valence-corrected chi connectivity index (χ3v) is 3.83. The summed E-state index contributed by atoms with van der Waals surface area (Å²) in [6.45, 7) is 2.66. The third kappa shape index (κ3) is 5.09. The molecule has 1 aromatic heterocycles. The molecule has 0 spiro atoms. The van der Waals surface area contributed by atoms with Crippen LogP contribution < -0.4 is 0 Å². The number of nitrogens with zero attached hydrogens (tertiary/aromatic N) is 4. The lowest BCUT2D eigenvalue weighted by molar-refractivity contribution is -0.484. The summed E-state index contributed by atoms with van der Waals surface area (Å²) in [6, 6.07) is 6.56. The van der Waals surface area contributed by atoms with Gasteiger partial charge in [0.1, 0.15) is 12.7 Å². The quantitative estimate of drug-likeness (QED) is 0.278. The third-order valence-electron chi connectivity index (χ3n) is 3.83. The molecule has 144 valence electrons. The Bertz CT molecular complexity index is 757. The predicted octanol–water partition coefficient (Wildman–Crippen LogP) is 1.37. The molecule has 0 radical (unpaired) electrons. The van der Waals surface area contributed by atoms with Crippen LogP contribution in [-0.2, 0) is 19.1 Å². The van der Waals surface area contributed by atoms with E-state index < -0.39 is 35.2 Å². The number of rotatable bonds is 9. The van der Waals surface area contributed by atoms with Crippen molar-refractivity contribution in [3.63, 3.8) is 0 Å². The summed E-state index contributed by atoms with van der Waals surface area (Å²) in [7, 11) is 0. The number of aromatic nitrogens is 3. The van der Waals surface area contributed by atoms with Crippen LogP contribution in [0, 0.1) is 16.0 Å². The first-order valence-corrected chi connectivity index (χ1v) is 8.37. The molecule has 0 aliphatic carbocycles. The molecule has 2 rings (SSSR count). The van der Waals surface area contributed by atoms with E-state index in [9.17, 15) is 19.7 Å². The molecule has 0 unspecified atom stereocenters. The molecule has 2 aromatic rings. The van der Waals surface area contributed by atoms with E-state index >= 15 is 0 Å². The number of esters is 2. The summed E-state index contributed by atoms with van der Waals surface area (Å²) in [4.78, 5) is 39.1. The minimum atomic E-state index is -1.42. The molecule has 10 nitrogen and oxygen atoms in total. The first kappa shape index (κ1) is 20.0. The van der Waals surface area contributed by atoms with Crippen LogP contribution in [0.1, 0.15) is 25.3 Å². The van der Waals surface area contributed by atoms with Crippen LogP contribution in [0.15, 0.2) is 36.9 Å². The van der Waals surface area contributed by atoms with E-state index in [0.717, 1.165) is 0 Å². The smallest absolute Gasteiger partial charge is 0.321 e. The van der Waals surface area contributed by atoms with Gasteiger partial charge in [0.15, 0.2) is 5.92 Å². The van der Waals surface area contributed by atoms with E-state index in [1.807, 2.05) is 0 Å². The highest BCUT2D eigenvalue weighted by molar-refractivity contribution is 5.96. The zero-order valence-corrected chi connectivity index (χ0v) is 15.0. The minimum absolute atomic E-state index is 0.0468. The van der Waals surface area contributed by atoms with Crippen LogP contribution in [0.2, 0.25) is 0 Å². The maximum Gasteiger partial charge on any atom is 0.321 e. The van der Waals surface area contributed by atoms with Gasteiger partial charge in [0.25, 0.3) is 0 Å². The second-order valence-corrected chi connectivity index (χ2v) is 5.54. The lowest BCUT2D eigenvalue weighted by Crippen LogP contribution is -2.36. The summed E-state index contributed by atoms with van der Waals surface area (Å²) in [5.74, 6) is -4.14. The number of ether oxygens (including phenoxy) is 2. The van der Waals surface area contributed by atoms with Crippen LogP contribution in [0.4, 0.5) is 0 Å². The Balaban J connectivity index is 2.39. The van der Waals surface area contributed by atoms with Gasteiger partial charge in [-0.15, -0.1) is 0 Å². The van der Waals surface area contributed by atoms with Crippen molar-refractivity contribution >= 4 is 11.9 Å². The van der Waals surface area contributed by atoms with Crippen molar-refractivity contribution in [3.05, 3.63) is 52.6 Å². The molecule has 0 N–H and O–H groups in total. The Labute approximate surface area is 155 Å². The normalized spacial score (nSPS) is 11.8. The van der Waals surface area contributed by atoms with Crippen molar-refractivity contribution < 1.29 is 24.0 Å². The molecule has 1 heterocycles. The Morgan fingerprint density at radius 1 is 1.15 bits per heavy atom. The summed E-state index contributed by atoms with van der Waals surface area (Å²) in [5, 5.41) is 15.2. The average Bonchev–Trinajstić information content (AvgIpc) is 3.16. The SMILES string of the molecule is CCOC(=O)C(C(=O)OCC)[C@H](C[N+](=O)[O-])c1ccc(-n2cncn2)cc1. The molecule has 27 heavy (non-hydrogen) atoms. The van der Waals surface area contributed by atoms with Crippen molar-refractivity contribution in [2.75, 3.05) is 19.8 Å². The first-order chi connectivity index (χ1) is 13.0. The van der Waals surface area contributed by atoms with E-state index in [1.165, 1.54) is 17.3 Å². The Hall–Kier alpha value is -3.30. The van der Waals surface area contributed by atoms with Crippen LogP contribution in [-0.4, -0.2) is 51.4 Å². The highest BCUT2D eigenvalue weighted by Gasteiger charge is 2.41. The maximum absolute atomic E-state index is 12.3. The fourth-order valence-corrected chi connectivity index (χ4v) is 2.67. The fourth-order valence-electron chi connectivity index (χ4n) is 2.67. The molecule has 0 saturated carbocycles. The van der Waals surface area contributed by atoms with E-state index in [0.29, 0.717) is 11.3 Å². The van der Waals surface area contributed by atoms with Gasteiger partial charge in [0.05, 0.1) is 24.8 Å². The Morgan fingerprint density at radius 2 is 1.74 bits per heavy atom. The molecule has 0 fully saturated rings.